The molecule has 0 saturated carbocycles. The number of hydrogen-bond donors (Lipinski definition) is 1. The van der Waals surface area contributed by atoms with E-state index in [-0.39, 0.29) is 29.0 Å². The van der Waals surface area contributed by atoms with Crippen molar-refractivity contribution in [2.45, 2.75) is 59.3 Å². The van der Waals surface area contributed by atoms with Crippen LogP contribution >= 0.6 is 22.6 Å². The van der Waals surface area contributed by atoms with Gasteiger partial charge in [-0.25, -0.2) is 4.39 Å². The number of anilines is 1. The van der Waals surface area contributed by atoms with Crippen LogP contribution in [0.4, 0.5) is 10.1 Å². The van der Waals surface area contributed by atoms with E-state index in [1.165, 1.54) is 31.4 Å². The number of benzene rings is 2. The van der Waals surface area contributed by atoms with Crippen molar-refractivity contribution in [3.05, 3.63) is 73.9 Å². The van der Waals surface area contributed by atoms with E-state index in [0.717, 1.165) is 29.8 Å². The molecule has 0 atom stereocenters. The number of nitrogens with zero attached hydrogens (tertiary/aromatic N) is 1. The second kappa shape index (κ2) is 11.1. The summed E-state index contributed by atoms with van der Waals surface area (Å²) in [5.74, 6) is -0.383. The molecule has 0 radical (unpaired) electrons. The first-order valence-electron chi connectivity index (χ1n) is 14.0. The van der Waals surface area contributed by atoms with Crippen molar-refractivity contribution in [1.29, 1.82) is 0 Å². The third-order valence-corrected chi connectivity index (χ3v) is 9.04. The predicted molar refractivity (Wildman–Crippen MR) is 167 cm³/mol. The molecule has 0 fully saturated rings. The Kier molecular flexibility index (Phi) is 8.02. The van der Waals surface area contributed by atoms with E-state index < -0.39 is 17.6 Å². The van der Waals surface area contributed by atoms with E-state index in [9.17, 15) is 18.8 Å². The Morgan fingerprint density at radius 2 is 1.52 bits per heavy atom. The van der Waals surface area contributed by atoms with Crippen molar-refractivity contribution >= 4 is 45.8 Å². The van der Waals surface area contributed by atoms with Gasteiger partial charge in [-0.15, -0.1) is 0 Å². The number of amides is 1. The highest BCUT2D eigenvalue weighted by molar-refractivity contribution is 14.1. The fourth-order valence-corrected chi connectivity index (χ4v) is 7.19. The van der Waals surface area contributed by atoms with Crippen LogP contribution in [0.25, 0.3) is 0 Å². The summed E-state index contributed by atoms with van der Waals surface area (Å²) in [7, 11) is 3.51. The van der Waals surface area contributed by atoms with Gasteiger partial charge in [0.1, 0.15) is 5.82 Å². The summed E-state index contributed by atoms with van der Waals surface area (Å²) in [6.45, 7) is 8.16. The quantitative estimate of drug-likeness (QED) is 0.338. The molecule has 0 saturated heterocycles. The van der Waals surface area contributed by atoms with Gasteiger partial charge in [-0.05, 0) is 88.2 Å². The molecule has 7 nitrogen and oxygen atoms in total. The Morgan fingerprint density at radius 3 is 2.05 bits per heavy atom. The van der Waals surface area contributed by atoms with Gasteiger partial charge in [-0.1, -0.05) is 27.7 Å². The summed E-state index contributed by atoms with van der Waals surface area (Å²) < 4.78 is 25.5. The van der Waals surface area contributed by atoms with Crippen molar-refractivity contribution in [3.63, 3.8) is 0 Å². The van der Waals surface area contributed by atoms with Crippen LogP contribution in [0.15, 0.2) is 58.9 Å². The topological polar surface area (TPSA) is 84.9 Å². The second-order valence-electron chi connectivity index (χ2n) is 13.0. The summed E-state index contributed by atoms with van der Waals surface area (Å²) >= 11 is 2.14. The minimum Gasteiger partial charge on any atom is -0.493 e. The average Bonchev–Trinajstić information content (AvgIpc) is 2.89. The number of ketones is 2. The highest BCUT2D eigenvalue weighted by Crippen LogP contribution is 2.54. The van der Waals surface area contributed by atoms with Crippen LogP contribution < -0.4 is 14.8 Å². The van der Waals surface area contributed by atoms with Gasteiger partial charge in [-0.2, -0.15) is 0 Å². The number of methoxy groups -OCH3 is 1. The van der Waals surface area contributed by atoms with Crippen LogP contribution in [-0.2, 0) is 14.4 Å². The Balaban J connectivity index is 1.53. The SMILES string of the molecule is COc1cc(C2C3=C(CC(C)(C)CC3=O)N(C)C3=C2C(=O)CC(C)(C)C3)cc(I)c1OCC(=O)Nc1ccc(F)cc1. The molecule has 0 unspecified atom stereocenters. The predicted octanol–water partition coefficient (Wildman–Crippen LogP) is 6.77. The largest absolute Gasteiger partial charge is 0.493 e. The fourth-order valence-electron chi connectivity index (χ4n) is 6.41. The van der Waals surface area contributed by atoms with Gasteiger partial charge in [-0.3, -0.25) is 14.4 Å². The van der Waals surface area contributed by atoms with Crippen LogP contribution in [0, 0.1) is 20.2 Å². The lowest BCUT2D eigenvalue weighted by atomic mass is 9.64. The monoisotopic (exact) mass is 686 g/mol. The average molecular weight is 687 g/mol. The third-order valence-electron chi connectivity index (χ3n) is 8.24. The zero-order valence-electron chi connectivity index (χ0n) is 24.8. The van der Waals surface area contributed by atoms with Gasteiger partial charge >= 0.3 is 0 Å². The number of allylic oxidation sites excluding steroid dienone is 4. The first-order valence-corrected chi connectivity index (χ1v) is 15.1. The molecule has 2 aromatic rings. The molecule has 42 heavy (non-hydrogen) atoms. The van der Waals surface area contributed by atoms with Crippen LogP contribution in [0.1, 0.15) is 64.9 Å². The van der Waals surface area contributed by atoms with Crippen molar-refractivity contribution in [1.82, 2.24) is 4.90 Å². The molecule has 0 bridgehead atoms. The van der Waals surface area contributed by atoms with Crippen molar-refractivity contribution < 1.29 is 28.2 Å². The highest BCUT2D eigenvalue weighted by Gasteiger charge is 2.48. The van der Waals surface area contributed by atoms with E-state index in [2.05, 4.69) is 60.5 Å². The summed E-state index contributed by atoms with van der Waals surface area (Å²) in [5, 5.41) is 2.68. The lowest BCUT2D eigenvalue weighted by Crippen LogP contribution is -2.43. The Hall–Kier alpha value is -3.21. The van der Waals surface area contributed by atoms with Crippen LogP contribution in [0.3, 0.4) is 0 Å². The number of carbonyl (C=O) groups excluding carboxylic acids is 3. The Morgan fingerprint density at radius 1 is 0.976 bits per heavy atom. The molecule has 1 N–H and O–H groups in total. The summed E-state index contributed by atoms with van der Waals surface area (Å²) in [4.78, 5) is 42.2. The zero-order chi connectivity index (χ0) is 30.6. The minimum absolute atomic E-state index is 0.0639. The van der Waals surface area contributed by atoms with E-state index in [1.54, 1.807) is 0 Å². The highest BCUT2D eigenvalue weighted by atomic mass is 127. The number of ether oxygens (including phenoxy) is 2. The molecule has 5 rings (SSSR count). The number of hydrogen-bond acceptors (Lipinski definition) is 6. The van der Waals surface area contributed by atoms with E-state index in [4.69, 9.17) is 9.47 Å². The van der Waals surface area contributed by atoms with Crippen LogP contribution in [0.2, 0.25) is 0 Å². The van der Waals surface area contributed by atoms with E-state index in [0.29, 0.717) is 44.7 Å². The molecular formula is C33H36FIN2O5. The second-order valence-corrected chi connectivity index (χ2v) is 14.1. The Bertz CT molecular complexity index is 1490. The maximum absolute atomic E-state index is 13.8. The number of nitrogens with one attached hydrogen (secondary N) is 1. The first kappa shape index (κ1) is 30.3. The summed E-state index contributed by atoms with van der Waals surface area (Å²) in [5.41, 5.74) is 4.22. The first-order chi connectivity index (χ1) is 19.7. The summed E-state index contributed by atoms with van der Waals surface area (Å²) in [6.07, 6.45) is 2.31. The molecule has 222 valence electrons. The molecule has 1 heterocycles. The minimum atomic E-state index is -0.503. The molecule has 2 aromatic carbocycles. The molecular weight excluding hydrogens is 650 g/mol. The van der Waals surface area contributed by atoms with Gasteiger partial charge in [0.2, 0.25) is 0 Å². The van der Waals surface area contributed by atoms with Crippen LogP contribution in [0.5, 0.6) is 11.5 Å². The van der Waals surface area contributed by atoms with Gasteiger partial charge in [0, 0.05) is 54.0 Å². The van der Waals surface area contributed by atoms with Crippen molar-refractivity contribution in [3.8, 4) is 11.5 Å². The number of Topliss-reactive ketones (excluding diaryl/α,β-unsaturated/α-hetero) is 2. The molecule has 9 heteroatoms. The van der Waals surface area contributed by atoms with Gasteiger partial charge in [0.05, 0.1) is 10.7 Å². The molecule has 2 aliphatic carbocycles. The molecule has 1 amide bonds. The fraction of sp³-hybridized carbons (Fsp3) is 0.424. The maximum atomic E-state index is 13.8. The lowest BCUT2D eigenvalue weighted by molar-refractivity contribution is -0.120. The smallest absolute Gasteiger partial charge is 0.262 e. The van der Waals surface area contributed by atoms with Gasteiger partial charge in [0.25, 0.3) is 5.91 Å². The summed E-state index contributed by atoms with van der Waals surface area (Å²) in [6, 6.07) is 9.22. The number of halogens is 2. The molecule has 0 spiro atoms. The van der Waals surface area contributed by atoms with E-state index in [1.807, 2.05) is 19.2 Å². The molecule has 1 aliphatic heterocycles. The zero-order valence-corrected chi connectivity index (χ0v) is 27.0. The third kappa shape index (κ3) is 5.85. The normalized spacial score (nSPS) is 19.9. The van der Waals surface area contributed by atoms with Crippen molar-refractivity contribution in [2.75, 3.05) is 26.1 Å². The van der Waals surface area contributed by atoms with Gasteiger partial charge in [0.15, 0.2) is 29.7 Å². The molecule has 0 aromatic heterocycles. The van der Waals surface area contributed by atoms with E-state index >= 15 is 0 Å². The van der Waals surface area contributed by atoms with Crippen LogP contribution in [-0.4, -0.2) is 43.1 Å². The van der Waals surface area contributed by atoms with Gasteiger partial charge < -0.3 is 19.7 Å². The van der Waals surface area contributed by atoms with Crippen molar-refractivity contribution in [2.24, 2.45) is 10.8 Å². The molecule has 3 aliphatic rings. The standard InChI is InChI=1S/C33H36FIN2O5/c1-32(2)13-22-29(24(38)15-32)28(30-23(37(22)5)14-33(3,4)16-25(30)39)18-11-21(35)31(26(12-18)41-6)42-17-27(40)36-20-9-7-19(34)8-10-20/h7-12,28H,13-17H2,1-6H3,(H,36,40). The number of carbonyl (C=O) groups is 3. The Labute approximate surface area is 259 Å². The number of rotatable bonds is 6. The lowest BCUT2D eigenvalue weighted by Gasteiger charge is -2.48. The maximum Gasteiger partial charge on any atom is 0.262 e.